The lowest BCUT2D eigenvalue weighted by Crippen LogP contribution is -2.49. The van der Waals surface area contributed by atoms with Gasteiger partial charge < -0.3 is 5.32 Å². The first-order valence-corrected chi connectivity index (χ1v) is 11.8. The molecule has 0 saturated carbocycles. The molecule has 3 aromatic rings. The fourth-order valence-electron chi connectivity index (χ4n) is 3.43. The Kier molecular flexibility index (Phi) is 7.26. The normalized spacial score (nSPS) is 15.4. The van der Waals surface area contributed by atoms with Crippen LogP contribution in [0.3, 0.4) is 0 Å². The number of halogens is 2. The van der Waals surface area contributed by atoms with Crippen LogP contribution in [0.1, 0.15) is 16.8 Å². The number of carbonyl (C=O) groups is 3. The molecule has 0 radical (unpaired) electrons. The SMILES string of the molecule is O=C(CC1C(=O)N(c2ccccc2)C(=S)N1NC(=O)c1ccc(Br)cc1)Nc1ccccc1Cl. The van der Waals surface area contributed by atoms with Gasteiger partial charge in [0.25, 0.3) is 11.8 Å². The van der Waals surface area contributed by atoms with E-state index in [0.717, 1.165) is 4.47 Å². The highest BCUT2D eigenvalue weighted by Crippen LogP contribution is 2.27. The monoisotopic (exact) mass is 556 g/mol. The lowest BCUT2D eigenvalue weighted by Gasteiger charge is -2.24. The number of para-hydroxylation sites is 2. The van der Waals surface area contributed by atoms with Crippen molar-refractivity contribution in [3.8, 4) is 0 Å². The maximum Gasteiger partial charge on any atom is 0.269 e. The van der Waals surface area contributed by atoms with Crippen molar-refractivity contribution < 1.29 is 14.4 Å². The molecule has 34 heavy (non-hydrogen) atoms. The lowest BCUT2D eigenvalue weighted by atomic mass is 10.1. The zero-order chi connectivity index (χ0) is 24.2. The molecule has 10 heteroatoms. The summed E-state index contributed by atoms with van der Waals surface area (Å²) in [6.45, 7) is 0. The van der Waals surface area contributed by atoms with Crippen LogP contribution < -0.4 is 15.6 Å². The molecule has 1 saturated heterocycles. The molecule has 0 aliphatic carbocycles. The van der Waals surface area contributed by atoms with Crippen molar-refractivity contribution in [2.24, 2.45) is 0 Å². The van der Waals surface area contributed by atoms with Crippen LogP contribution in [0, 0.1) is 0 Å². The van der Waals surface area contributed by atoms with Gasteiger partial charge in [0.15, 0.2) is 0 Å². The van der Waals surface area contributed by atoms with Crippen LogP contribution in [0.4, 0.5) is 11.4 Å². The van der Waals surface area contributed by atoms with Gasteiger partial charge in [-0.05, 0) is 60.7 Å². The van der Waals surface area contributed by atoms with E-state index in [1.165, 1.54) is 9.91 Å². The van der Waals surface area contributed by atoms with Crippen molar-refractivity contribution in [3.63, 3.8) is 0 Å². The first kappa shape index (κ1) is 23.9. The van der Waals surface area contributed by atoms with E-state index in [4.69, 9.17) is 23.8 Å². The predicted molar refractivity (Wildman–Crippen MR) is 138 cm³/mol. The number of anilines is 2. The van der Waals surface area contributed by atoms with Gasteiger partial charge in [-0.3, -0.25) is 24.7 Å². The van der Waals surface area contributed by atoms with Crippen LogP contribution in [0.25, 0.3) is 0 Å². The number of nitrogens with zero attached hydrogens (tertiary/aromatic N) is 2. The molecule has 1 aliphatic heterocycles. The number of hydrogen-bond acceptors (Lipinski definition) is 4. The number of rotatable bonds is 6. The third kappa shape index (κ3) is 5.11. The van der Waals surface area contributed by atoms with E-state index in [-0.39, 0.29) is 11.5 Å². The molecule has 1 unspecified atom stereocenters. The van der Waals surface area contributed by atoms with E-state index >= 15 is 0 Å². The van der Waals surface area contributed by atoms with E-state index in [1.54, 1.807) is 72.8 Å². The number of amides is 3. The van der Waals surface area contributed by atoms with Crippen molar-refractivity contribution in [1.82, 2.24) is 10.4 Å². The molecular weight excluding hydrogens is 540 g/mol. The Labute approximate surface area is 214 Å². The van der Waals surface area contributed by atoms with Crippen LogP contribution in [-0.2, 0) is 9.59 Å². The van der Waals surface area contributed by atoms with Crippen LogP contribution in [-0.4, -0.2) is 33.9 Å². The average molecular weight is 558 g/mol. The van der Waals surface area contributed by atoms with Gasteiger partial charge in [0.05, 0.1) is 22.8 Å². The standard InChI is InChI=1S/C24H18BrClN4O3S/c25-16-12-10-15(11-13-16)22(32)28-30-20(14-21(31)27-19-9-5-4-8-18(19)26)23(33)29(24(30)34)17-6-2-1-3-7-17/h1-13,20H,14H2,(H,27,31)(H,28,32). The number of hydrogen-bond donors (Lipinski definition) is 2. The molecule has 1 aliphatic rings. The molecule has 4 rings (SSSR count). The molecule has 172 valence electrons. The summed E-state index contributed by atoms with van der Waals surface area (Å²) in [5.41, 5.74) is 4.03. The smallest absolute Gasteiger partial charge is 0.269 e. The predicted octanol–water partition coefficient (Wildman–Crippen LogP) is 4.78. The summed E-state index contributed by atoms with van der Waals surface area (Å²) in [7, 11) is 0. The maximum absolute atomic E-state index is 13.4. The largest absolute Gasteiger partial charge is 0.325 e. The fourth-order valence-corrected chi connectivity index (χ4v) is 4.24. The van der Waals surface area contributed by atoms with Crippen LogP contribution in [0.2, 0.25) is 5.02 Å². The summed E-state index contributed by atoms with van der Waals surface area (Å²) in [6.07, 6.45) is -0.256. The van der Waals surface area contributed by atoms with Crippen molar-refractivity contribution in [2.45, 2.75) is 12.5 Å². The minimum absolute atomic E-state index is 0.0669. The fraction of sp³-hybridized carbons (Fsp3) is 0.0833. The molecule has 1 atom stereocenters. The lowest BCUT2D eigenvalue weighted by molar-refractivity contribution is -0.124. The number of carbonyl (C=O) groups excluding carboxylic acids is 3. The second kappa shape index (κ2) is 10.3. The van der Waals surface area contributed by atoms with E-state index in [0.29, 0.717) is 22.0 Å². The van der Waals surface area contributed by atoms with Crippen molar-refractivity contribution in [2.75, 3.05) is 10.2 Å². The van der Waals surface area contributed by atoms with Crippen molar-refractivity contribution in [3.05, 3.63) is 93.9 Å². The second-order valence-corrected chi connectivity index (χ2v) is 9.05. The summed E-state index contributed by atoms with van der Waals surface area (Å²) < 4.78 is 0.820. The van der Waals surface area contributed by atoms with Crippen LogP contribution >= 0.6 is 39.7 Å². The van der Waals surface area contributed by atoms with Gasteiger partial charge in [-0.1, -0.05) is 57.9 Å². The quantitative estimate of drug-likeness (QED) is 0.427. The summed E-state index contributed by atoms with van der Waals surface area (Å²) in [4.78, 5) is 40.4. The summed E-state index contributed by atoms with van der Waals surface area (Å²) in [5, 5.41) is 4.41. The van der Waals surface area contributed by atoms with Gasteiger partial charge in [-0.2, -0.15) is 0 Å². The van der Waals surface area contributed by atoms with Gasteiger partial charge in [0.2, 0.25) is 11.0 Å². The maximum atomic E-state index is 13.4. The number of hydrazine groups is 1. The van der Waals surface area contributed by atoms with Crippen LogP contribution in [0.5, 0.6) is 0 Å². The molecule has 0 aromatic heterocycles. The number of nitrogens with one attached hydrogen (secondary N) is 2. The Bertz CT molecular complexity index is 1260. The highest BCUT2D eigenvalue weighted by molar-refractivity contribution is 9.10. The second-order valence-electron chi connectivity index (χ2n) is 7.36. The minimum Gasteiger partial charge on any atom is -0.325 e. The molecule has 1 fully saturated rings. The molecule has 1 heterocycles. The highest BCUT2D eigenvalue weighted by Gasteiger charge is 2.45. The van der Waals surface area contributed by atoms with E-state index in [9.17, 15) is 14.4 Å². The Balaban J connectivity index is 1.60. The average Bonchev–Trinajstić information content (AvgIpc) is 3.05. The topological polar surface area (TPSA) is 81.8 Å². The van der Waals surface area contributed by atoms with Crippen molar-refractivity contribution >= 4 is 74.0 Å². The van der Waals surface area contributed by atoms with Crippen LogP contribution in [0.15, 0.2) is 83.3 Å². The Morgan fingerprint density at radius 3 is 2.29 bits per heavy atom. The molecule has 3 amide bonds. The van der Waals surface area contributed by atoms with E-state index < -0.39 is 23.8 Å². The van der Waals surface area contributed by atoms with Gasteiger partial charge in [-0.15, -0.1) is 0 Å². The molecule has 7 nitrogen and oxygen atoms in total. The molecule has 0 spiro atoms. The molecule has 3 aromatic carbocycles. The van der Waals surface area contributed by atoms with Gasteiger partial charge in [-0.25, -0.2) is 5.01 Å². The molecule has 0 bridgehead atoms. The summed E-state index contributed by atoms with van der Waals surface area (Å²) in [6, 6.07) is 21.3. The third-order valence-electron chi connectivity index (χ3n) is 5.08. The first-order valence-electron chi connectivity index (χ1n) is 10.2. The molecule has 2 N–H and O–H groups in total. The first-order chi connectivity index (χ1) is 16.3. The minimum atomic E-state index is -1.05. The van der Waals surface area contributed by atoms with Gasteiger partial charge >= 0.3 is 0 Å². The van der Waals surface area contributed by atoms with Gasteiger partial charge in [0, 0.05) is 10.0 Å². The number of thiocarbonyl (C=S) groups is 1. The highest BCUT2D eigenvalue weighted by atomic mass is 79.9. The Morgan fingerprint density at radius 1 is 0.971 bits per heavy atom. The zero-order valence-electron chi connectivity index (χ0n) is 17.6. The summed E-state index contributed by atoms with van der Waals surface area (Å²) in [5.74, 6) is -1.34. The Morgan fingerprint density at radius 2 is 1.62 bits per heavy atom. The van der Waals surface area contributed by atoms with E-state index in [1.807, 2.05) is 6.07 Å². The Hall–Kier alpha value is -3.27. The van der Waals surface area contributed by atoms with Crippen molar-refractivity contribution in [1.29, 1.82) is 0 Å². The zero-order valence-corrected chi connectivity index (χ0v) is 20.7. The number of benzene rings is 3. The summed E-state index contributed by atoms with van der Waals surface area (Å²) >= 11 is 15.0. The molecular formula is C24H18BrClN4O3S. The van der Waals surface area contributed by atoms with E-state index in [2.05, 4.69) is 26.7 Å². The third-order valence-corrected chi connectivity index (χ3v) is 6.32. The van der Waals surface area contributed by atoms with Gasteiger partial charge in [0.1, 0.15) is 6.04 Å².